The van der Waals surface area contributed by atoms with Gasteiger partial charge in [-0.3, -0.25) is 14.9 Å². The van der Waals surface area contributed by atoms with Crippen LogP contribution in [0.1, 0.15) is 5.69 Å². The van der Waals surface area contributed by atoms with E-state index in [-0.39, 0.29) is 16.7 Å². The molecule has 196 valence electrons. The minimum Gasteiger partial charge on any atom is -0.476 e. The molecule has 0 spiro atoms. The lowest BCUT2D eigenvalue weighted by Crippen LogP contribution is -2.33. The average molecular weight is 545 g/mol. The van der Waals surface area contributed by atoms with Gasteiger partial charge >= 0.3 is 0 Å². The van der Waals surface area contributed by atoms with Gasteiger partial charge in [0.15, 0.2) is 0 Å². The molecule has 3 aliphatic rings. The molecule has 4 heterocycles. The number of nitrogens with zero attached hydrogens (tertiary/aromatic N) is 5. The maximum atomic E-state index is 13.1. The molecule has 3 saturated heterocycles. The number of thioether (sulfide) groups is 1. The van der Waals surface area contributed by atoms with Crippen molar-refractivity contribution < 1.29 is 22.7 Å². The molecule has 1 N–H and O–H groups in total. The summed E-state index contributed by atoms with van der Waals surface area (Å²) >= 11 is 0.826. The summed E-state index contributed by atoms with van der Waals surface area (Å²) in [4.78, 5) is 37.5. The molecule has 2 atom stereocenters. The van der Waals surface area contributed by atoms with E-state index in [2.05, 4.69) is 15.3 Å². The number of ether oxygens (including phenoxy) is 1. The molecule has 0 radical (unpaired) electrons. The van der Waals surface area contributed by atoms with E-state index in [0.29, 0.717) is 61.7 Å². The van der Waals surface area contributed by atoms with E-state index in [1.807, 2.05) is 23.9 Å². The van der Waals surface area contributed by atoms with E-state index in [4.69, 9.17) is 4.74 Å². The Morgan fingerprint density at radius 1 is 1.11 bits per heavy atom. The Bertz CT molecular complexity index is 1320. The zero-order valence-electron chi connectivity index (χ0n) is 20.5. The van der Waals surface area contributed by atoms with Crippen molar-refractivity contribution >= 4 is 45.0 Å². The van der Waals surface area contributed by atoms with Crippen molar-refractivity contribution in [1.82, 2.24) is 24.5 Å². The molecule has 1 aromatic carbocycles. The lowest BCUT2D eigenvalue weighted by Gasteiger charge is -2.22. The quantitative estimate of drug-likeness (QED) is 0.489. The highest BCUT2D eigenvalue weighted by molar-refractivity contribution is 8.18. The topological polar surface area (TPSA) is 125 Å². The van der Waals surface area contributed by atoms with Gasteiger partial charge in [-0.2, -0.15) is 9.29 Å². The third-order valence-electron chi connectivity index (χ3n) is 6.54. The second-order valence-corrected chi connectivity index (χ2v) is 12.4. The molecule has 2 unspecified atom stereocenters. The van der Waals surface area contributed by atoms with Crippen molar-refractivity contribution in [2.45, 2.75) is 4.90 Å². The molecule has 0 bridgehead atoms. The molecular formula is C24H28N6O5S2. The fourth-order valence-electron chi connectivity index (χ4n) is 4.66. The molecule has 37 heavy (non-hydrogen) atoms. The van der Waals surface area contributed by atoms with Crippen molar-refractivity contribution in [3.8, 4) is 5.88 Å². The number of carbonyl (C=O) groups is 2. The van der Waals surface area contributed by atoms with Crippen LogP contribution in [0.3, 0.4) is 0 Å². The number of amides is 2. The molecular weight excluding hydrogens is 516 g/mol. The van der Waals surface area contributed by atoms with Gasteiger partial charge in [-0.1, -0.05) is 18.2 Å². The predicted octanol–water partition coefficient (Wildman–Crippen LogP) is 1.50. The van der Waals surface area contributed by atoms with Gasteiger partial charge in [-0.25, -0.2) is 13.4 Å². The Morgan fingerprint density at radius 3 is 2.43 bits per heavy atom. The van der Waals surface area contributed by atoms with Crippen LogP contribution in [-0.4, -0.2) is 92.2 Å². The fourth-order valence-corrected chi connectivity index (χ4v) is 6.90. The summed E-state index contributed by atoms with van der Waals surface area (Å²) in [6, 6.07) is 10.2. The van der Waals surface area contributed by atoms with Crippen LogP contribution in [0.5, 0.6) is 5.88 Å². The zero-order chi connectivity index (χ0) is 26.2. The van der Waals surface area contributed by atoms with Gasteiger partial charge in [-0.15, -0.1) is 0 Å². The van der Waals surface area contributed by atoms with Gasteiger partial charge in [0, 0.05) is 38.8 Å². The van der Waals surface area contributed by atoms with Gasteiger partial charge in [0.1, 0.15) is 6.61 Å². The number of nitrogens with one attached hydrogen (secondary N) is 1. The maximum Gasteiger partial charge on any atom is 0.290 e. The van der Waals surface area contributed by atoms with Crippen molar-refractivity contribution in [3.63, 3.8) is 0 Å². The first-order valence-corrected chi connectivity index (χ1v) is 14.2. The van der Waals surface area contributed by atoms with Crippen molar-refractivity contribution in [2.24, 2.45) is 11.8 Å². The minimum atomic E-state index is -3.53. The number of fused-ring (bicyclic) bond motifs is 1. The molecule has 5 rings (SSSR count). The van der Waals surface area contributed by atoms with Gasteiger partial charge < -0.3 is 14.5 Å². The lowest BCUT2D eigenvalue weighted by molar-refractivity contribution is -0.115. The van der Waals surface area contributed by atoms with Crippen LogP contribution in [-0.2, 0) is 14.8 Å². The largest absolute Gasteiger partial charge is 0.476 e. The van der Waals surface area contributed by atoms with Crippen molar-refractivity contribution in [1.29, 1.82) is 0 Å². The highest BCUT2D eigenvalue weighted by Crippen LogP contribution is 2.36. The summed E-state index contributed by atoms with van der Waals surface area (Å²) in [7, 11) is 0.360. The van der Waals surface area contributed by atoms with Gasteiger partial charge in [0.25, 0.3) is 11.1 Å². The molecule has 11 nitrogen and oxygen atoms in total. The van der Waals surface area contributed by atoms with E-state index < -0.39 is 21.2 Å². The Balaban J connectivity index is 1.34. The van der Waals surface area contributed by atoms with Crippen LogP contribution in [0.15, 0.2) is 46.2 Å². The van der Waals surface area contributed by atoms with E-state index in [1.54, 1.807) is 46.8 Å². The third kappa shape index (κ3) is 5.64. The summed E-state index contributed by atoms with van der Waals surface area (Å²) in [5.74, 6) is 0.669. The Kier molecular flexibility index (Phi) is 7.21. The van der Waals surface area contributed by atoms with Crippen LogP contribution >= 0.6 is 11.8 Å². The number of benzene rings is 1. The van der Waals surface area contributed by atoms with E-state index in [0.717, 1.165) is 11.8 Å². The first-order valence-electron chi connectivity index (χ1n) is 11.9. The Labute approximate surface area is 219 Å². The van der Waals surface area contributed by atoms with E-state index in [1.165, 1.54) is 0 Å². The van der Waals surface area contributed by atoms with E-state index in [9.17, 15) is 18.0 Å². The fraction of sp³-hybridized carbons (Fsp3) is 0.417. The number of sulfonamides is 1. The zero-order valence-corrected chi connectivity index (χ0v) is 22.2. The first-order chi connectivity index (χ1) is 17.7. The second-order valence-electron chi connectivity index (χ2n) is 9.50. The van der Waals surface area contributed by atoms with Crippen LogP contribution in [0, 0.1) is 11.8 Å². The summed E-state index contributed by atoms with van der Waals surface area (Å²) in [6.07, 6.45) is 1.56. The standard InChI is InChI=1S/C24H28N6O5S2/c1-28(2)8-9-35-21-11-18(10-20-22(31)27-24(32)36-20)25-23(26-21)29-12-16-14-30(15-17(16)13-29)37(33,34)19-6-4-3-5-7-19/h3-7,10-11,16-17H,8-9,12-15H2,1-2H3,(H,27,31,32)/b20-10+. The lowest BCUT2D eigenvalue weighted by atomic mass is 10.0. The van der Waals surface area contributed by atoms with Gasteiger partial charge in [-0.05, 0) is 55.9 Å². The third-order valence-corrected chi connectivity index (χ3v) is 9.19. The molecule has 0 saturated carbocycles. The SMILES string of the molecule is CN(C)CCOc1cc(/C=C2/SC(=O)NC2=O)nc(N2CC3CN(S(=O)(=O)c4ccccc4)CC3C2)n1. The van der Waals surface area contributed by atoms with Crippen LogP contribution in [0.4, 0.5) is 10.7 Å². The highest BCUT2D eigenvalue weighted by atomic mass is 32.2. The summed E-state index contributed by atoms with van der Waals surface area (Å²) < 4.78 is 33.6. The number of rotatable bonds is 8. The number of carbonyl (C=O) groups excluding carboxylic acids is 2. The Morgan fingerprint density at radius 2 is 1.81 bits per heavy atom. The first kappa shape index (κ1) is 25.6. The maximum absolute atomic E-state index is 13.1. The second kappa shape index (κ2) is 10.4. The van der Waals surface area contributed by atoms with Gasteiger partial charge in [0.2, 0.25) is 21.9 Å². The highest BCUT2D eigenvalue weighted by Gasteiger charge is 2.45. The number of anilines is 1. The van der Waals surface area contributed by atoms with Crippen LogP contribution in [0.2, 0.25) is 0 Å². The summed E-state index contributed by atoms with van der Waals surface area (Å²) in [6.45, 7) is 3.21. The van der Waals surface area contributed by atoms with Gasteiger partial charge in [0.05, 0.1) is 15.5 Å². The Hall–Kier alpha value is -3.00. The van der Waals surface area contributed by atoms with Crippen LogP contribution < -0.4 is 15.0 Å². The molecule has 3 fully saturated rings. The molecule has 1 aromatic heterocycles. The van der Waals surface area contributed by atoms with Crippen LogP contribution in [0.25, 0.3) is 6.08 Å². The molecule has 2 aromatic rings. The number of hydrogen-bond acceptors (Lipinski definition) is 10. The molecule has 2 amide bonds. The normalized spacial score (nSPS) is 23.2. The number of aromatic nitrogens is 2. The number of hydrogen-bond donors (Lipinski definition) is 1. The molecule has 3 aliphatic heterocycles. The smallest absolute Gasteiger partial charge is 0.290 e. The van der Waals surface area contributed by atoms with E-state index >= 15 is 0 Å². The molecule has 13 heteroatoms. The molecule has 0 aliphatic carbocycles. The summed E-state index contributed by atoms with van der Waals surface area (Å²) in [5, 5.41) is 1.82. The van der Waals surface area contributed by atoms with Crippen molar-refractivity contribution in [3.05, 3.63) is 47.0 Å². The number of likely N-dealkylation sites (N-methyl/N-ethyl adjacent to an activating group) is 1. The average Bonchev–Trinajstić information content (AvgIpc) is 3.52. The minimum absolute atomic E-state index is 0.149. The van der Waals surface area contributed by atoms with Crippen molar-refractivity contribution in [2.75, 3.05) is 58.3 Å². The predicted molar refractivity (Wildman–Crippen MR) is 140 cm³/mol. The monoisotopic (exact) mass is 544 g/mol. The number of imide groups is 1. The summed E-state index contributed by atoms with van der Waals surface area (Å²) in [5.41, 5.74) is 0.461.